The van der Waals surface area contributed by atoms with Crippen molar-refractivity contribution in [2.45, 2.75) is 0 Å². The molecule has 1 aliphatic heterocycles. The molecule has 0 saturated carbocycles. The first-order valence-electron chi connectivity index (χ1n) is 8.45. The predicted molar refractivity (Wildman–Crippen MR) is 110 cm³/mol. The van der Waals surface area contributed by atoms with Crippen LogP contribution in [0.3, 0.4) is 0 Å². The van der Waals surface area contributed by atoms with Crippen LogP contribution in [0, 0.1) is 0 Å². The van der Waals surface area contributed by atoms with E-state index in [0.29, 0.717) is 21.6 Å². The van der Waals surface area contributed by atoms with E-state index in [1.54, 1.807) is 48.5 Å². The molecule has 4 rings (SSSR count). The van der Waals surface area contributed by atoms with E-state index in [-0.39, 0.29) is 11.3 Å². The Labute approximate surface area is 175 Å². The number of carbonyl (C=O) groups excluding carboxylic acids is 3. The first-order valence-corrected chi connectivity index (χ1v) is 9.21. The quantitative estimate of drug-likeness (QED) is 0.476. The number of urea groups is 1. The van der Waals surface area contributed by atoms with Gasteiger partial charge >= 0.3 is 6.03 Å². The number of barbiturate groups is 1. The average Bonchev–Trinajstić information content (AvgIpc) is 3.16. The number of hydrogen-bond donors (Lipinski definition) is 1. The van der Waals surface area contributed by atoms with Gasteiger partial charge in [-0.25, -0.2) is 9.69 Å². The van der Waals surface area contributed by atoms with Crippen LogP contribution in [0.5, 0.6) is 0 Å². The number of halogens is 2. The van der Waals surface area contributed by atoms with Gasteiger partial charge in [-0.1, -0.05) is 23.2 Å². The molecule has 0 radical (unpaired) electrons. The highest BCUT2D eigenvalue weighted by Crippen LogP contribution is 2.27. The van der Waals surface area contributed by atoms with Gasteiger partial charge in [-0.15, -0.1) is 0 Å². The van der Waals surface area contributed by atoms with Crippen molar-refractivity contribution in [2.24, 2.45) is 0 Å². The molecule has 6 nitrogen and oxygen atoms in total. The maximum atomic E-state index is 12.8. The summed E-state index contributed by atoms with van der Waals surface area (Å²) >= 11 is 11.7. The topological polar surface area (TPSA) is 79.6 Å². The first kappa shape index (κ1) is 19.0. The number of carbonyl (C=O) groups is 3. The van der Waals surface area contributed by atoms with Gasteiger partial charge in [0.2, 0.25) is 0 Å². The Morgan fingerprint density at radius 2 is 1.45 bits per heavy atom. The minimum atomic E-state index is -0.833. The number of furan rings is 1. The highest BCUT2D eigenvalue weighted by atomic mass is 35.5. The molecule has 1 saturated heterocycles. The van der Waals surface area contributed by atoms with Gasteiger partial charge < -0.3 is 4.42 Å². The molecule has 1 N–H and O–H groups in total. The van der Waals surface area contributed by atoms with Crippen LogP contribution in [0.25, 0.3) is 17.4 Å². The van der Waals surface area contributed by atoms with Crippen molar-refractivity contribution in [3.63, 3.8) is 0 Å². The second-order valence-corrected chi connectivity index (χ2v) is 7.02. The van der Waals surface area contributed by atoms with Gasteiger partial charge in [0.25, 0.3) is 11.8 Å². The molecule has 2 aromatic carbocycles. The predicted octanol–water partition coefficient (Wildman–Crippen LogP) is 4.92. The largest absolute Gasteiger partial charge is 0.457 e. The van der Waals surface area contributed by atoms with Gasteiger partial charge in [-0.3, -0.25) is 14.9 Å². The average molecular weight is 427 g/mol. The highest BCUT2D eigenvalue weighted by molar-refractivity contribution is 6.39. The number of anilines is 1. The minimum absolute atomic E-state index is 0.225. The molecule has 144 valence electrons. The van der Waals surface area contributed by atoms with Crippen LogP contribution in [-0.2, 0) is 9.59 Å². The molecule has 0 aliphatic carbocycles. The Balaban J connectivity index is 1.66. The summed E-state index contributed by atoms with van der Waals surface area (Å²) < 4.78 is 5.72. The Kier molecular flexibility index (Phi) is 4.96. The lowest BCUT2D eigenvalue weighted by Crippen LogP contribution is -2.54. The SMILES string of the molecule is O=C1NC(=O)N(c2ccc(Cl)cc2)C(=O)/C1=C/c1ccc(-c2ccc(Cl)cc2)o1. The molecule has 0 bridgehead atoms. The molecule has 0 spiro atoms. The van der Waals surface area contributed by atoms with Crippen LogP contribution in [0.4, 0.5) is 10.5 Å². The number of nitrogens with one attached hydrogen (secondary N) is 1. The zero-order valence-electron chi connectivity index (χ0n) is 14.7. The van der Waals surface area contributed by atoms with Crippen molar-refractivity contribution in [1.29, 1.82) is 0 Å². The van der Waals surface area contributed by atoms with Crippen molar-refractivity contribution >= 4 is 52.8 Å². The highest BCUT2D eigenvalue weighted by Gasteiger charge is 2.37. The molecule has 3 aromatic rings. The summed E-state index contributed by atoms with van der Waals surface area (Å²) in [4.78, 5) is 38.1. The lowest BCUT2D eigenvalue weighted by atomic mass is 10.1. The molecule has 8 heteroatoms. The minimum Gasteiger partial charge on any atom is -0.457 e. The second kappa shape index (κ2) is 7.58. The fourth-order valence-corrected chi connectivity index (χ4v) is 3.08. The number of nitrogens with zero attached hydrogens (tertiary/aromatic N) is 1. The smallest absolute Gasteiger partial charge is 0.335 e. The summed E-state index contributed by atoms with van der Waals surface area (Å²) in [7, 11) is 0. The van der Waals surface area contributed by atoms with E-state index in [0.717, 1.165) is 10.5 Å². The summed E-state index contributed by atoms with van der Waals surface area (Å²) in [5.41, 5.74) is 0.851. The third-order valence-corrected chi connectivity index (χ3v) is 4.73. The van der Waals surface area contributed by atoms with Crippen LogP contribution in [0.15, 0.2) is 70.7 Å². The molecule has 1 aliphatic rings. The van der Waals surface area contributed by atoms with E-state index in [1.165, 1.54) is 18.2 Å². The van der Waals surface area contributed by atoms with E-state index < -0.39 is 17.8 Å². The monoisotopic (exact) mass is 426 g/mol. The zero-order valence-corrected chi connectivity index (χ0v) is 16.2. The van der Waals surface area contributed by atoms with Crippen LogP contribution in [0.2, 0.25) is 10.0 Å². The van der Waals surface area contributed by atoms with E-state index in [4.69, 9.17) is 27.6 Å². The molecular weight excluding hydrogens is 415 g/mol. The molecule has 0 atom stereocenters. The summed E-state index contributed by atoms with van der Waals surface area (Å²) in [6.45, 7) is 0. The maximum Gasteiger partial charge on any atom is 0.335 e. The Morgan fingerprint density at radius 3 is 2.10 bits per heavy atom. The Hall–Kier alpha value is -3.35. The van der Waals surface area contributed by atoms with Gasteiger partial charge in [-0.2, -0.15) is 0 Å². The van der Waals surface area contributed by atoms with E-state index >= 15 is 0 Å². The summed E-state index contributed by atoms with van der Waals surface area (Å²) in [5.74, 6) is -0.721. The maximum absolute atomic E-state index is 12.8. The molecule has 2 heterocycles. The standard InChI is InChI=1S/C21H12Cl2N2O4/c22-13-3-1-12(2-4-13)18-10-9-16(29-18)11-17-19(26)24-21(28)25(20(17)27)15-7-5-14(23)6-8-15/h1-11H,(H,24,26,28)/b17-11+. The van der Waals surface area contributed by atoms with Gasteiger partial charge in [-0.05, 0) is 66.7 Å². The van der Waals surface area contributed by atoms with Gasteiger partial charge in [0.15, 0.2) is 0 Å². The fraction of sp³-hybridized carbons (Fsp3) is 0. The van der Waals surface area contributed by atoms with Gasteiger partial charge in [0.1, 0.15) is 17.1 Å². The number of rotatable bonds is 3. The molecule has 4 amide bonds. The van der Waals surface area contributed by atoms with Crippen LogP contribution in [-0.4, -0.2) is 17.8 Å². The zero-order chi connectivity index (χ0) is 20.5. The number of imide groups is 2. The third kappa shape index (κ3) is 3.81. The summed E-state index contributed by atoms with van der Waals surface area (Å²) in [5, 5.41) is 3.21. The third-order valence-electron chi connectivity index (χ3n) is 4.23. The number of hydrogen-bond acceptors (Lipinski definition) is 4. The molecule has 1 aromatic heterocycles. The second-order valence-electron chi connectivity index (χ2n) is 6.14. The van der Waals surface area contributed by atoms with E-state index in [2.05, 4.69) is 5.32 Å². The van der Waals surface area contributed by atoms with Crippen molar-refractivity contribution in [1.82, 2.24) is 5.32 Å². The Morgan fingerprint density at radius 1 is 0.828 bits per heavy atom. The van der Waals surface area contributed by atoms with Crippen molar-refractivity contribution in [3.05, 3.63) is 82.0 Å². The molecule has 0 unspecified atom stereocenters. The van der Waals surface area contributed by atoms with Crippen LogP contribution < -0.4 is 10.2 Å². The van der Waals surface area contributed by atoms with Crippen molar-refractivity contribution in [3.8, 4) is 11.3 Å². The van der Waals surface area contributed by atoms with Gasteiger partial charge in [0, 0.05) is 15.6 Å². The molecule has 29 heavy (non-hydrogen) atoms. The lowest BCUT2D eigenvalue weighted by Gasteiger charge is -2.26. The number of amides is 4. The molecule has 1 fully saturated rings. The first-order chi connectivity index (χ1) is 13.9. The van der Waals surface area contributed by atoms with E-state index in [9.17, 15) is 14.4 Å². The van der Waals surface area contributed by atoms with Crippen molar-refractivity contribution < 1.29 is 18.8 Å². The van der Waals surface area contributed by atoms with Crippen LogP contribution >= 0.6 is 23.2 Å². The normalized spacial score (nSPS) is 15.7. The summed E-state index contributed by atoms with van der Waals surface area (Å²) in [6.07, 6.45) is 1.30. The van der Waals surface area contributed by atoms with Crippen LogP contribution in [0.1, 0.15) is 5.76 Å². The molecular formula is C21H12Cl2N2O4. The fourth-order valence-electron chi connectivity index (χ4n) is 2.82. The van der Waals surface area contributed by atoms with Crippen molar-refractivity contribution in [2.75, 3.05) is 4.90 Å². The van der Waals surface area contributed by atoms with Gasteiger partial charge in [0.05, 0.1) is 5.69 Å². The summed E-state index contributed by atoms with van der Waals surface area (Å²) in [6, 6.07) is 15.7. The van der Waals surface area contributed by atoms with E-state index in [1.807, 2.05) is 0 Å². The lowest BCUT2D eigenvalue weighted by molar-refractivity contribution is -0.122. The Bertz CT molecular complexity index is 1150. The number of benzene rings is 2.